The van der Waals surface area contributed by atoms with Crippen molar-refractivity contribution in [1.82, 2.24) is 24.8 Å². The van der Waals surface area contributed by atoms with Crippen LogP contribution in [-0.2, 0) is 4.79 Å². The van der Waals surface area contributed by atoms with Crippen molar-refractivity contribution in [2.45, 2.75) is 32.2 Å². The van der Waals surface area contributed by atoms with Crippen LogP contribution in [0, 0.1) is 0 Å². The first kappa shape index (κ1) is 14.4. The molecule has 0 bridgehead atoms. The number of hydrogen-bond acceptors (Lipinski definition) is 6. The van der Waals surface area contributed by atoms with E-state index in [4.69, 9.17) is 0 Å². The van der Waals surface area contributed by atoms with Gasteiger partial charge in [-0.05, 0) is 25.3 Å². The van der Waals surface area contributed by atoms with Crippen molar-refractivity contribution < 1.29 is 4.79 Å². The van der Waals surface area contributed by atoms with Gasteiger partial charge in [-0.15, -0.1) is 0 Å². The third-order valence-electron chi connectivity index (χ3n) is 3.74. The fraction of sp³-hybridized carbons (Fsp3) is 0.400. The number of anilines is 2. The Balaban J connectivity index is 1.82. The highest BCUT2D eigenvalue weighted by Gasteiger charge is 2.27. The van der Waals surface area contributed by atoms with E-state index in [0.29, 0.717) is 5.95 Å². The number of piperidine rings is 1. The van der Waals surface area contributed by atoms with E-state index in [0.717, 1.165) is 37.2 Å². The van der Waals surface area contributed by atoms with Crippen LogP contribution in [0.3, 0.4) is 0 Å². The summed E-state index contributed by atoms with van der Waals surface area (Å²) in [5.41, 5.74) is 1.59. The van der Waals surface area contributed by atoms with Crippen LogP contribution in [-0.4, -0.2) is 37.3 Å². The van der Waals surface area contributed by atoms with Gasteiger partial charge in [-0.1, -0.05) is 0 Å². The zero-order chi connectivity index (χ0) is 15.4. The molecule has 1 atom stereocenters. The highest BCUT2D eigenvalue weighted by molar-refractivity contribution is 5.73. The van der Waals surface area contributed by atoms with Crippen LogP contribution in [0.2, 0.25) is 0 Å². The maximum atomic E-state index is 11.8. The molecule has 114 valence electrons. The van der Waals surface area contributed by atoms with Gasteiger partial charge in [0.2, 0.25) is 11.9 Å². The quantitative estimate of drug-likeness (QED) is 0.934. The summed E-state index contributed by atoms with van der Waals surface area (Å²) in [5.74, 6) is 0.579. The van der Waals surface area contributed by atoms with Gasteiger partial charge in [-0.3, -0.25) is 4.79 Å². The Labute approximate surface area is 128 Å². The predicted molar refractivity (Wildman–Crippen MR) is 81.3 cm³/mol. The van der Waals surface area contributed by atoms with E-state index in [2.05, 4.69) is 25.3 Å². The van der Waals surface area contributed by atoms with E-state index in [1.165, 1.54) is 6.33 Å². The average Bonchev–Trinajstić information content (AvgIpc) is 2.56. The van der Waals surface area contributed by atoms with Gasteiger partial charge in [-0.2, -0.15) is 0 Å². The molecule has 0 saturated carbocycles. The highest BCUT2D eigenvalue weighted by atomic mass is 16.2. The summed E-state index contributed by atoms with van der Waals surface area (Å²) in [5, 5.41) is 3.08. The lowest BCUT2D eigenvalue weighted by atomic mass is 9.99. The number of amides is 1. The van der Waals surface area contributed by atoms with Gasteiger partial charge in [0.05, 0.1) is 29.8 Å². The first-order valence-electron chi connectivity index (χ1n) is 7.36. The Kier molecular flexibility index (Phi) is 4.22. The topological polar surface area (TPSA) is 83.9 Å². The standard InChI is InChI=1S/C15H18N6O/c1-11(22)21-7-3-2-4-14(21)13-5-6-18-15(20-13)19-12-8-16-10-17-9-12/h5-6,8-10,14H,2-4,7H2,1H3,(H,18,19,20)/t14-/m1/s1. The SMILES string of the molecule is CC(=O)N1CCCC[C@@H]1c1ccnc(Nc2cncnc2)n1. The first-order chi connectivity index (χ1) is 10.7. The summed E-state index contributed by atoms with van der Waals surface area (Å²) in [6.07, 6.45) is 9.58. The van der Waals surface area contributed by atoms with Gasteiger partial charge in [0, 0.05) is 19.7 Å². The molecular weight excluding hydrogens is 280 g/mol. The summed E-state index contributed by atoms with van der Waals surface area (Å²) >= 11 is 0. The molecule has 2 aromatic heterocycles. The van der Waals surface area contributed by atoms with Crippen LogP contribution in [0.5, 0.6) is 0 Å². The molecule has 1 aliphatic rings. The van der Waals surface area contributed by atoms with E-state index in [-0.39, 0.29) is 11.9 Å². The molecule has 1 N–H and O–H groups in total. The van der Waals surface area contributed by atoms with Crippen molar-refractivity contribution in [1.29, 1.82) is 0 Å². The molecular formula is C15H18N6O. The molecule has 22 heavy (non-hydrogen) atoms. The average molecular weight is 298 g/mol. The molecule has 3 rings (SSSR count). The molecule has 0 unspecified atom stereocenters. The molecule has 0 spiro atoms. The summed E-state index contributed by atoms with van der Waals surface area (Å²) in [6, 6.07) is 1.90. The van der Waals surface area contributed by atoms with Crippen molar-refractivity contribution >= 4 is 17.5 Å². The molecule has 7 heteroatoms. The van der Waals surface area contributed by atoms with Crippen molar-refractivity contribution in [3.8, 4) is 0 Å². The lowest BCUT2D eigenvalue weighted by Crippen LogP contribution is -2.37. The second kappa shape index (κ2) is 6.46. The molecule has 0 radical (unpaired) electrons. The molecule has 0 aliphatic carbocycles. The predicted octanol–water partition coefficient (Wildman–Crippen LogP) is 2.08. The Bertz CT molecular complexity index is 647. The van der Waals surface area contributed by atoms with Crippen molar-refractivity contribution in [2.24, 2.45) is 0 Å². The minimum absolute atomic E-state index is 0.0295. The number of likely N-dealkylation sites (tertiary alicyclic amines) is 1. The summed E-state index contributed by atoms with van der Waals surface area (Å²) in [7, 11) is 0. The maximum Gasteiger partial charge on any atom is 0.227 e. The molecule has 1 amide bonds. The van der Waals surface area contributed by atoms with Gasteiger partial charge >= 0.3 is 0 Å². The molecule has 1 fully saturated rings. The lowest BCUT2D eigenvalue weighted by molar-refractivity contribution is -0.132. The smallest absolute Gasteiger partial charge is 0.227 e. The van der Waals surface area contributed by atoms with E-state index >= 15 is 0 Å². The van der Waals surface area contributed by atoms with Crippen molar-refractivity contribution in [3.63, 3.8) is 0 Å². The molecule has 2 aromatic rings. The Morgan fingerprint density at radius 2 is 2.14 bits per heavy atom. The van der Waals surface area contributed by atoms with Crippen LogP contribution < -0.4 is 5.32 Å². The van der Waals surface area contributed by atoms with Gasteiger partial charge < -0.3 is 10.2 Å². The number of rotatable bonds is 3. The monoisotopic (exact) mass is 298 g/mol. The first-order valence-corrected chi connectivity index (χ1v) is 7.36. The normalized spacial score (nSPS) is 18.0. The largest absolute Gasteiger partial charge is 0.334 e. The zero-order valence-corrected chi connectivity index (χ0v) is 12.4. The summed E-state index contributed by atoms with van der Waals surface area (Å²) < 4.78 is 0. The fourth-order valence-corrected chi connectivity index (χ4v) is 2.73. The molecule has 1 saturated heterocycles. The van der Waals surface area contributed by atoms with E-state index in [1.807, 2.05) is 11.0 Å². The second-order valence-electron chi connectivity index (χ2n) is 5.28. The van der Waals surface area contributed by atoms with Crippen LogP contribution in [0.15, 0.2) is 31.0 Å². The van der Waals surface area contributed by atoms with Crippen molar-refractivity contribution in [3.05, 3.63) is 36.7 Å². The highest BCUT2D eigenvalue weighted by Crippen LogP contribution is 2.30. The fourth-order valence-electron chi connectivity index (χ4n) is 2.73. The van der Waals surface area contributed by atoms with Gasteiger partial charge in [0.25, 0.3) is 0 Å². The minimum atomic E-state index is 0.0295. The Hall–Kier alpha value is -2.57. The number of nitrogens with one attached hydrogen (secondary N) is 1. The Morgan fingerprint density at radius 3 is 2.91 bits per heavy atom. The second-order valence-corrected chi connectivity index (χ2v) is 5.28. The molecule has 3 heterocycles. The van der Waals surface area contributed by atoms with Crippen LogP contribution in [0.4, 0.5) is 11.6 Å². The van der Waals surface area contributed by atoms with E-state index < -0.39 is 0 Å². The minimum Gasteiger partial charge on any atom is -0.334 e. The third kappa shape index (κ3) is 3.19. The summed E-state index contributed by atoms with van der Waals surface area (Å²) in [6.45, 7) is 2.40. The molecule has 7 nitrogen and oxygen atoms in total. The number of aromatic nitrogens is 4. The Morgan fingerprint density at radius 1 is 1.32 bits per heavy atom. The lowest BCUT2D eigenvalue weighted by Gasteiger charge is -2.34. The van der Waals surface area contributed by atoms with E-state index in [9.17, 15) is 4.79 Å². The van der Waals surface area contributed by atoms with Gasteiger partial charge in [0.1, 0.15) is 6.33 Å². The van der Waals surface area contributed by atoms with E-state index in [1.54, 1.807) is 25.5 Å². The number of carbonyl (C=O) groups is 1. The molecule has 1 aliphatic heterocycles. The van der Waals surface area contributed by atoms with Crippen molar-refractivity contribution in [2.75, 3.05) is 11.9 Å². The summed E-state index contributed by atoms with van der Waals surface area (Å²) in [4.78, 5) is 30.4. The number of nitrogens with zero attached hydrogens (tertiary/aromatic N) is 5. The zero-order valence-electron chi connectivity index (χ0n) is 12.4. The van der Waals surface area contributed by atoms with Gasteiger partial charge in [-0.25, -0.2) is 19.9 Å². The van der Waals surface area contributed by atoms with Crippen LogP contribution >= 0.6 is 0 Å². The number of carbonyl (C=O) groups excluding carboxylic acids is 1. The maximum absolute atomic E-state index is 11.8. The van der Waals surface area contributed by atoms with Crippen LogP contribution in [0.1, 0.15) is 37.9 Å². The number of hydrogen-bond donors (Lipinski definition) is 1. The third-order valence-corrected chi connectivity index (χ3v) is 3.74. The molecule has 0 aromatic carbocycles. The van der Waals surface area contributed by atoms with Crippen LogP contribution in [0.25, 0.3) is 0 Å². The van der Waals surface area contributed by atoms with Gasteiger partial charge in [0.15, 0.2) is 0 Å².